The minimum absolute atomic E-state index is 0.0348. The summed E-state index contributed by atoms with van der Waals surface area (Å²) >= 11 is 6.11. The minimum atomic E-state index is -0.808. The average molecular weight is 270 g/mol. The van der Waals surface area contributed by atoms with E-state index in [2.05, 4.69) is 0 Å². The Kier molecular flexibility index (Phi) is 5.17. The first-order valence-electron chi connectivity index (χ1n) is 6.00. The van der Waals surface area contributed by atoms with Gasteiger partial charge in [0.05, 0.1) is 0 Å². The molecule has 0 aromatic heterocycles. The quantitative estimate of drug-likeness (QED) is 0.822. The van der Waals surface area contributed by atoms with E-state index >= 15 is 0 Å². The molecule has 1 aromatic carbocycles. The molecule has 0 atom stereocenters. The van der Waals surface area contributed by atoms with E-state index in [1.807, 2.05) is 31.2 Å². The van der Waals surface area contributed by atoms with Crippen LogP contribution in [0.3, 0.4) is 0 Å². The van der Waals surface area contributed by atoms with Gasteiger partial charge in [-0.2, -0.15) is 0 Å². The number of amides is 1. The van der Waals surface area contributed by atoms with Crippen molar-refractivity contribution < 1.29 is 9.53 Å². The number of nitrogens with zero attached hydrogens (tertiary/aromatic N) is 1. The van der Waals surface area contributed by atoms with Gasteiger partial charge in [-0.15, -0.1) is 0 Å². The summed E-state index contributed by atoms with van der Waals surface area (Å²) < 4.78 is 5.23. The van der Waals surface area contributed by atoms with Crippen molar-refractivity contribution in [2.75, 3.05) is 13.7 Å². The number of ether oxygens (including phenoxy) is 1. The van der Waals surface area contributed by atoms with Gasteiger partial charge in [-0.3, -0.25) is 4.79 Å². The van der Waals surface area contributed by atoms with E-state index in [1.165, 1.54) is 0 Å². The van der Waals surface area contributed by atoms with Gasteiger partial charge in [0.25, 0.3) is 5.91 Å². The van der Waals surface area contributed by atoms with Crippen LogP contribution in [0.4, 0.5) is 0 Å². The molecule has 1 aromatic rings. The lowest BCUT2D eigenvalue weighted by molar-refractivity contribution is -0.151. The molecule has 0 spiro atoms. The van der Waals surface area contributed by atoms with Crippen LogP contribution < -0.4 is 0 Å². The Hall–Kier alpha value is -1.06. The zero-order chi connectivity index (χ0) is 13.8. The molecule has 3 nitrogen and oxygen atoms in total. The summed E-state index contributed by atoms with van der Waals surface area (Å²) in [6.45, 7) is 6.61. The fourth-order valence-electron chi connectivity index (χ4n) is 1.63. The fourth-order valence-corrected chi connectivity index (χ4v) is 1.82. The Labute approximate surface area is 114 Å². The Bertz CT molecular complexity index is 418. The van der Waals surface area contributed by atoms with Crippen LogP contribution >= 0.6 is 11.6 Å². The van der Waals surface area contributed by atoms with Crippen molar-refractivity contribution >= 4 is 17.5 Å². The predicted molar refractivity (Wildman–Crippen MR) is 73.6 cm³/mol. The van der Waals surface area contributed by atoms with Crippen molar-refractivity contribution in [3.63, 3.8) is 0 Å². The smallest absolute Gasteiger partial charge is 0.254 e. The van der Waals surface area contributed by atoms with Gasteiger partial charge in [0.15, 0.2) is 0 Å². The Morgan fingerprint density at radius 1 is 1.39 bits per heavy atom. The number of carbonyl (C=O) groups excluding carboxylic acids is 1. The molecule has 1 rings (SSSR count). The highest BCUT2D eigenvalue weighted by molar-refractivity contribution is 6.31. The van der Waals surface area contributed by atoms with Crippen molar-refractivity contribution in [1.29, 1.82) is 0 Å². The predicted octanol–water partition coefficient (Wildman–Crippen LogP) is 3.11. The van der Waals surface area contributed by atoms with Crippen LogP contribution in [0.15, 0.2) is 24.3 Å². The molecular formula is C14H20ClNO2. The second-order valence-corrected chi connectivity index (χ2v) is 5.03. The number of hydrogen-bond donors (Lipinski definition) is 0. The third kappa shape index (κ3) is 3.47. The Morgan fingerprint density at radius 3 is 2.50 bits per heavy atom. The maximum Gasteiger partial charge on any atom is 0.254 e. The summed E-state index contributed by atoms with van der Waals surface area (Å²) in [4.78, 5) is 14.0. The summed E-state index contributed by atoms with van der Waals surface area (Å²) in [5.74, 6) is -0.0348. The zero-order valence-corrected chi connectivity index (χ0v) is 12.1. The molecule has 0 fully saturated rings. The first-order chi connectivity index (χ1) is 8.42. The third-order valence-electron chi connectivity index (χ3n) is 3.01. The van der Waals surface area contributed by atoms with E-state index < -0.39 is 5.60 Å². The number of likely N-dealkylation sites (N-methyl/N-ethyl adjacent to an activating group) is 1. The number of hydrogen-bond acceptors (Lipinski definition) is 2. The van der Waals surface area contributed by atoms with Crippen molar-refractivity contribution in [3.8, 4) is 0 Å². The number of methoxy groups -OCH3 is 1. The van der Waals surface area contributed by atoms with Gasteiger partial charge in [0.1, 0.15) is 5.60 Å². The van der Waals surface area contributed by atoms with Crippen LogP contribution in [0.1, 0.15) is 26.3 Å². The highest BCUT2D eigenvalue weighted by Gasteiger charge is 2.31. The number of benzene rings is 1. The molecule has 0 saturated heterocycles. The molecule has 0 saturated carbocycles. The van der Waals surface area contributed by atoms with E-state index in [1.54, 1.807) is 25.9 Å². The van der Waals surface area contributed by atoms with Gasteiger partial charge >= 0.3 is 0 Å². The van der Waals surface area contributed by atoms with Crippen LogP contribution in [-0.2, 0) is 16.1 Å². The van der Waals surface area contributed by atoms with Crippen LogP contribution in [0, 0.1) is 0 Å². The van der Waals surface area contributed by atoms with Crippen molar-refractivity contribution in [2.24, 2.45) is 0 Å². The second kappa shape index (κ2) is 6.21. The highest BCUT2D eigenvalue weighted by Crippen LogP contribution is 2.19. The normalized spacial score (nSPS) is 11.4. The lowest BCUT2D eigenvalue weighted by Gasteiger charge is -2.30. The maximum atomic E-state index is 12.3. The number of halogens is 1. The lowest BCUT2D eigenvalue weighted by atomic mass is 10.1. The molecule has 0 aliphatic heterocycles. The van der Waals surface area contributed by atoms with Gasteiger partial charge < -0.3 is 9.64 Å². The van der Waals surface area contributed by atoms with Gasteiger partial charge in [-0.25, -0.2) is 0 Å². The van der Waals surface area contributed by atoms with Crippen molar-refractivity contribution in [3.05, 3.63) is 34.9 Å². The molecule has 0 radical (unpaired) electrons. The molecule has 4 heteroatoms. The molecule has 0 aliphatic carbocycles. The summed E-state index contributed by atoms with van der Waals surface area (Å²) in [6.07, 6.45) is 0. The number of rotatable bonds is 5. The van der Waals surface area contributed by atoms with Gasteiger partial charge in [0.2, 0.25) is 0 Å². The fraction of sp³-hybridized carbons (Fsp3) is 0.500. The van der Waals surface area contributed by atoms with Gasteiger partial charge in [-0.05, 0) is 32.4 Å². The van der Waals surface area contributed by atoms with Crippen LogP contribution in [-0.4, -0.2) is 30.1 Å². The third-order valence-corrected chi connectivity index (χ3v) is 3.38. The lowest BCUT2D eigenvalue weighted by Crippen LogP contribution is -2.46. The summed E-state index contributed by atoms with van der Waals surface area (Å²) in [6, 6.07) is 7.55. The summed E-state index contributed by atoms with van der Waals surface area (Å²) in [7, 11) is 1.54. The van der Waals surface area contributed by atoms with Crippen LogP contribution in [0.2, 0.25) is 5.02 Å². The van der Waals surface area contributed by atoms with E-state index in [0.717, 1.165) is 5.56 Å². The Morgan fingerprint density at radius 2 is 2.00 bits per heavy atom. The first kappa shape index (κ1) is 15.0. The minimum Gasteiger partial charge on any atom is -0.369 e. The van der Waals surface area contributed by atoms with Crippen LogP contribution in [0.5, 0.6) is 0 Å². The van der Waals surface area contributed by atoms with Gasteiger partial charge in [-0.1, -0.05) is 29.8 Å². The molecule has 0 bridgehead atoms. The monoisotopic (exact) mass is 269 g/mol. The summed E-state index contributed by atoms with van der Waals surface area (Å²) in [5.41, 5.74) is 0.137. The maximum absolute atomic E-state index is 12.3. The van der Waals surface area contributed by atoms with E-state index in [4.69, 9.17) is 16.3 Å². The topological polar surface area (TPSA) is 29.5 Å². The van der Waals surface area contributed by atoms with Crippen molar-refractivity contribution in [1.82, 2.24) is 4.90 Å². The Balaban J connectivity index is 2.86. The second-order valence-electron chi connectivity index (χ2n) is 4.63. The molecule has 0 aliphatic rings. The van der Waals surface area contributed by atoms with Crippen molar-refractivity contribution in [2.45, 2.75) is 32.9 Å². The largest absolute Gasteiger partial charge is 0.369 e. The highest BCUT2D eigenvalue weighted by atomic mass is 35.5. The van der Waals surface area contributed by atoms with Crippen LogP contribution in [0.25, 0.3) is 0 Å². The molecule has 100 valence electrons. The molecule has 1 amide bonds. The summed E-state index contributed by atoms with van der Waals surface area (Å²) in [5, 5.41) is 0.680. The standard InChI is InChI=1S/C14H20ClNO2/c1-5-16(13(17)14(2,3)18-4)10-11-8-6-7-9-12(11)15/h6-9H,5,10H2,1-4H3. The average Bonchev–Trinajstić information content (AvgIpc) is 2.37. The SMILES string of the molecule is CCN(Cc1ccccc1Cl)C(=O)C(C)(C)OC. The molecule has 0 heterocycles. The zero-order valence-electron chi connectivity index (χ0n) is 11.4. The number of carbonyl (C=O) groups is 1. The molecule has 18 heavy (non-hydrogen) atoms. The first-order valence-corrected chi connectivity index (χ1v) is 6.38. The van der Waals surface area contributed by atoms with E-state index in [-0.39, 0.29) is 5.91 Å². The molecular weight excluding hydrogens is 250 g/mol. The van der Waals surface area contributed by atoms with Gasteiger partial charge in [0, 0.05) is 25.2 Å². The molecule has 0 unspecified atom stereocenters. The molecule has 0 N–H and O–H groups in total. The van der Waals surface area contributed by atoms with E-state index in [9.17, 15) is 4.79 Å². The van der Waals surface area contributed by atoms with E-state index in [0.29, 0.717) is 18.1 Å².